The van der Waals surface area contributed by atoms with Crippen LogP contribution in [0.4, 0.5) is 0 Å². The van der Waals surface area contributed by atoms with Crippen LogP contribution in [0.1, 0.15) is 19.8 Å². The number of hydrogen-bond donors (Lipinski definition) is 1. The van der Waals surface area contributed by atoms with Crippen LogP contribution in [0, 0.1) is 0 Å². The lowest BCUT2D eigenvalue weighted by Gasteiger charge is -2.04. The standard InChI is InChI=1S/C10H15NOS/c1-2-9-13(12)11-10-7-5-3-4-6-8-10/h3-5,7-8,11H,2,6,9H2,1H3. The molecule has 0 spiro atoms. The molecule has 1 rings (SSSR count). The Hall–Kier alpha value is -0.830. The first-order valence-electron chi connectivity index (χ1n) is 4.51. The van der Waals surface area contributed by atoms with Crippen LogP contribution >= 0.6 is 0 Å². The van der Waals surface area contributed by atoms with Crippen molar-refractivity contribution < 1.29 is 4.21 Å². The monoisotopic (exact) mass is 197 g/mol. The van der Waals surface area contributed by atoms with Crippen LogP contribution in [0.15, 0.2) is 36.1 Å². The van der Waals surface area contributed by atoms with Crippen molar-refractivity contribution >= 4 is 11.0 Å². The molecule has 0 saturated heterocycles. The summed E-state index contributed by atoms with van der Waals surface area (Å²) in [6, 6.07) is 0. The van der Waals surface area contributed by atoms with Gasteiger partial charge in [0.25, 0.3) is 0 Å². The summed E-state index contributed by atoms with van der Waals surface area (Å²) in [5.41, 5.74) is 0.955. The lowest BCUT2D eigenvalue weighted by molar-refractivity contribution is 0.677. The third-order valence-electron chi connectivity index (χ3n) is 1.62. The quantitative estimate of drug-likeness (QED) is 0.734. The topological polar surface area (TPSA) is 29.1 Å². The van der Waals surface area contributed by atoms with Crippen molar-refractivity contribution in [2.45, 2.75) is 19.8 Å². The van der Waals surface area contributed by atoms with Gasteiger partial charge in [0.05, 0.1) is 0 Å². The second kappa shape index (κ2) is 5.75. The van der Waals surface area contributed by atoms with Crippen LogP contribution < -0.4 is 4.72 Å². The van der Waals surface area contributed by atoms with Gasteiger partial charge < -0.3 is 4.72 Å². The van der Waals surface area contributed by atoms with E-state index in [9.17, 15) is 4.21 Å². The fourth-order valence-corrected chi connectivity index (χ4v) is 1.91. The molecule has 2 nitrogen and oxygen atoms in total. The maximum absolute atomic E-state index is 11.3. The van der Waals surface area contributed by atoms with Crippen LogP contribution in [0.5, 0.6) is 0 Å². The molecule has 0 amide bonds. The van der Waals surface area contributed by atoms with Gasteiger partial charge in [0.1, 0.15) is 11.0 Å². The maximum atomic E-state index is 11.3. The van der Waals surface area contributed by atoms with E-state index in [0.717, 1.165) is 18.5 Å². The summed E-state index contributed by atoms with van der Waals surface area (Å²) in [6.45, 7) is 2.03. The van der Waals surface area contributed by atoms with Crippen molar-refractivity contribution in [1.82, 2.24) is 4.72 Å². The number of allylic oxidation sites excluding steroid dienone is 5. The lowest BCUT2D eigenvalue weighted by Crippen LogP contribution is -2.17. The zero-order valence-corrected chi connectivity index (χ0v) is 8.64. The third-order valence-corrected chi connectivity index (χ3v) is 2.86. The number of nitrogens with one attached hydrogen (secondary N) is 1. The van der Waals surface area contributed by atoms with E-state index < -0.39 is 11.0 Å². The molecule has 0 aromatic carbocycles. The summed E-state index contributed by atoms with van der Waals surface area (Å²) in [7, 11) is -0.923. The highest BCUT2D eigenvalue weighted by Crippen LogP contribution is 2.02. The minimum Gasteiger partial charge on any atom is -0.306 e. The highest BCUT2D eigenvalue weighted by molar-refractivity contribution is 7.83. The van der Waals surface area contributed by atoms with E-state index >= 15 is 0 Å². The largest absolute Gasteiger partial charge is 0.306 e. The van der Waals surface area contributed by atoms with Gasteiger partial charge in [-0.15, -0.1) is 0 Å². The molecular formula is C10H15NOS. The summed E-state index contributed by atoms with van der Waals surface area (Å²) in [5, 5.41) is 0. The van der Waals surface area contributed by atoms with Crippen molar-refractivity contribution in [1.29, 1.82) is 0 Å². The average Bonchev–Trinajstić information content (AvgIpc) is 2.33. The van der Waals surface area contributed by atoms with E-state index in [0.29, 0.717) is 5.75 Å². The Morgan fingerprint density at radius 3 is 3.15 bits per heavy atom. The van der Waals surface area contributed by atoms with Gasteiger partial charge in [-0.1, -0.05) is 31.2 Å². The third kappa shape index (κ3) is 4.08. The minimum absolute atomic E-state index is 0.707. The lowest BCUT2D eigenvalue weighted by atomic mass is 10.3. The first kappa shape index (κ1) is 10.3. The van der Waals surface area contributed by atoms with Crippen molar-refractivity contribution in [3.63, 3.8) is 0 Å². The molecule has 72 valence electrons. The molecule has 1 aliphatic rings. The molecule has 0 aromatic heterocycles. The zero-order chi connectivity index (χ0) is 9.52. The molecule has 1 N–H and O–H groups in total. The van der Waals surface area contributed by atoms with E-state index in [4.69, 9.17) is 0 Å². The normalized spacial score (nSPS) is 17.8. The number of rotatable bonds is 4. The molecule has 0 saturated carbocycles. The molecule has 0 heterocycles. The summed E-state index contributed by atoms with van der Waals surface area (Å²) in [4.78, 5) is 0. The Bertz CT molecular complexity index is 266. The molecule has 1 atom stereocenters. The van der Waals surface area contributed by atoms with Crippen LogP contribution in [0.25, 0.3) is 0 Å². The highest BCUT2D eigenvalue weighted by Gasteiger charge is 1.98. The van der Waals surface area contributed by atoms with E-state index in [-0.39, 0.29) is 0 Å². The Morgan fingerprint density at radius 1 is 1.54 bits per heavy atom. The van der Waals surface area contributed by atoms with Gasteiger partial charge in [0.15, 0.2) is 0 Å². The Kier molecular flexibility index (Phi) is 4.54. The van der Waals surface area contributed by atoms with Crippen LogP contribution in [0.2, 0.25) is 0 Å². The van der Waals surface area contributed by atoms with Gasteiger partial charge in [-0.05, 0) is 18.9 Å². The molecule has 13 heavy (non-hydrogen) atoms. The SMILES string of the molecule is CCCS(=O)NC1=CCC=CC=C1. The van der Waals surface area contributed by atoms with Crippen LogP contribution in [-0.4, -0.2) is 9.96 Å². The van der Waals surface area contributed by atoms with Gasteiger partial charge in [0.2, 0.25) is 0 Å². The second-order valence-corrected chi connectivity index (χ2v) is 4.14. The molecule has 0 radical (unpaired) electrons. The first-order valence-corrected chi connectivity index (χ1v) is 5.83. The molecule has 0 aromatic rings. The van der Waals surface area contributed by atoms with E-state index in [2.05, 4.69) is 10.8 Å². The van der Waals surface area contributed by atoms with E-state index in [1.807, 2.05) is 31.2 Å². The molecule has 0 aliphatic heterocycles. The van der Waals surface area contributed by atoms with Gasteiger partial charge >= 0.3 is 0 Å². The summed E-state index contributed by atoms with van der Waals surface area (Å²) in [5.74, 6) is 0.707. The van der Waals surface area contributed by atoms with Crippen molar-refractivity contribution in [2.24, 2.45) is 0 Å². The Morgan fingerprint density at radius 2 is 2.38 bits per heavy atom. The first-order chi connectivity index (χ1) is 6.33. The van der Waals surface area contributed by atoms with E-state index in [1.54, 1.807) is 0 Å². The minimum atomic E-state index is -0.923. The molecule has 0 fully saturated rings. The fourth-order valence-electron chi connectivity index (χ4n) is 1.02. The van der Waals surface area contributed by atoms with Crippen molar-refractivity contribution in [3.05, 3.63) is 36.1 Å². The van der Waals surface area contributed by atoms with Gasteiger partial charge in [-0.25, -0.2) is 4.21 Å². The molecule has 3 heteroatoms. The maximum Gasteiger partial charge on any atom is 0.117 e. The Balaban J connectivity index is 2.44. The molecule has 1 unspecified atom stereocenters. The van der Waals surface area contributed by atoms with Gasteiger partial charge in [0, 0.05) is 11.4 Å². The molecular weight excluding hydrogens is 182 g/mol. The predicted molar refractivity (Wildman–Crippen MR) is 57.4 cm³/mol. The van der Waals surface area contributed by atoms with Crippen molar-refractivity contribution in [2.75, 3.05) is 5.75 Å². The number of hydrogen-bond acceptors (Lipinski definition) is 1. The van der Waals surface area contributed by atoms with Gasteiger partial charge in [-0.3, -0.25) is 0 Å². The smallest absolute Gasteiger partial charge is 0.117 e. The summed E-state index contributed by atoms with van der Waals surface area (Å²) >= 11 is 0. The van der Waals surface area contributed by atoms with Crippen LogP contribution in [-0.2, 0) is 11.0 Å². The van der Waals surface area contributed by atoms with E-state index in [1.165, 1.54) is 0 Å². The summed E-state index contributed by atoms with van der Waals surface area (Å²) < 4.78 is 14.3. The van der Waals surface area contributed by atoms with Crippen molar-refractivity contribution in [3.8, 4) is 0 Å². The predicted octanol–water partition coefficient (Wildman–Crippen LogP) is 2.05. The molecule has 1 aliphatic carbocycles. The van der Waals surface area contributed by atoms with Crippen LogP contribution in [0.3, 0.4) is 0 Å². The zero-order valence-electron chi connectivity index (χ0n) is 7.82. The average molecular weight is 197 g/mol. The second-order valence-electron chi connectivity index (χ2n) is 2.83. The fraction of sp³-hybridized carbons (Fsp3) is 0.400. The molecule has 0 bridgehead atoms. The summed E-state index contributed by atoms with van der Waals surface area (Å²) in [6.07, 6.45) is 11.8. The van der Waals surface area contributed by atoms with Gasteiger partial charge in [-0.2, -0.15) is 0 Å². The highest BCUT2D eigenvalue weighted by atomic mass is 32.2. The Labute approximate surface area is 82.0 Å².